The maximum Gasteiger partial charge on any atom is 0.289 e. The average molecular weight is 414 g/mol. The van der Waals surface area contributed by atoms with E-state index >= 15 is 0 Å². The molecule has 0 saturated carbocycles. The number of para-hydroxylation sites is 1. The van der Waals surface area contributed by atoms with E-state index in [4.69, 9.17) is 0 Å². The van der Waals surface area contributed by atoms with Crippen LogP contribution in [0.3, 0.4) is 0 Å². The van der Waals surface area contributed by atoms with Gasteiger partial charge in [0.15, 0.2) is 5.69 Å². The molecule has 2 aromatic heterocycles. The Bertz CT molecular complexity index is 1270. The molecule has 2 aromatic carbocycles. The second kappa shape index (κ2) is 7.64. The second-order valence-corrected chi connectivity index (χ2v) is 10.0. The molecule has 4 aromatic rings. The zero-order valence-corrected chi connectivity index (χ0v) is 20.2. The molecule has 0 amide bonds. The Morgan fingerprint density at radius 1 is 0.935 bits per heavy atom. The number of imidazole rings is 1. The summed E-state index contributed by atoms with van der Waals surface area (Å²) in [5, 5.41) is 1.26. The number of aryl methyl sites for hydroxylation is 2. The molecular formula is C28H35N3+2. The van der Waals surface area contributed by atoms with Crippen molar-refractivity contribution in [3.8, 4) is 17.1 Å². The summed E-state index contributed by atoms with van der Waals surface area (Å²) in [5.41, 5.74) is 7.72. The number of hydrogen-bond acceptors (Lipinski definition) is 0. The van der Waals surface area contributed by atoms with Gasteiger partial charge >= 0.3 is 0 Å². The molecule has 0 atom stereocenters. The average Bonchev–Trinajstić information content (AvgIpc) is 3.09. The van der Waals surface area contributed by atoms with Crippen molar-refractivity contribution in [3.05, 3.63) is 77.7 Å². The predicted octanol–water partition coefficient (Wildman–Crippen LogP) is 5.90. The Balaban J connectivity index is 2.13. The monoisotopic (exact) mass is 413 g/mol. The van der Waals surface area contributed by atoms with Crippen LogP contribution in [0.1, 0.15) is 57.5 Å². The maximum atomic E-state index is 2.42. The predicted molar refractivity (Wildman–Crippen MR) is 129 cm³/mol. The molecule has 0 aliphatic heterocycles. The van der Waals surface area contributed by atoms with Crippen molar-refractivity contribution in [1.82, 2.24) is 4.57 Å². The summed E-state index contributed by atoms with van der Waals surface area (Å²) in [4.78, 5) is 0. The van der Waals surface area contributed by atoms with Crippen LogP contribution in [-0.4, -0.2) is 4.57 Å². The summed E-state index contributed by atoms with van der Waals surface area (Å²) in [7, 11) is 2.15. The minimum Gasteiger partial charge on any atom is -0.233 e. The van der Waals surface area contributed by atoms with Crippen molar-refractivity contribution in [1.29, 1.82) is 0 Å². The van der Waals surface area contributed by atoms with Crippen molar-refractivity contribution in [2.45, 2.75) is 59.9 Å². The van der Waals surface area contributed by atoms with Gasteiger partial charge < -0.3 is 0 Å². The van der Waals surface area contributed by atoms with Crippen LogP contribution in [0, 0.1) is 13.8 Å². The fourth-order valence-corrected chi connectivity index (χ4v) is 4.46. The molecule has 0 aliphatic rings. The molecule has 0 spiro atoms. The Hall–Kier alpha value is -2.94. The van der Waals surface area contributed by atoms with Gasteiger partial charge in [-0.3, -0.25) is 0 Å². The molecule has 0 radical (unpaired) electrons. The SMILES string of the molecule is Cc1c(-c2n(C(C)C)cc[n+]2C)cc(C(C)(C)C)cc1-[n+]1c(C)ccc2ccccc21. The lowest BCUT2D eigenvalue weighted by Gasteiger charge is -2.21. The van der Waals surface area contributed by atoms with Gasteiger partial charge in [-0.25, -0.2) is 9.13 Å². The van der Waals surface area contributed by atoms with Crippen LogP contribution < -0.4 is 9.13 Å². The molecule has 0 aliphatic carbocycles. The number of pyridine rings is 1. The fourth-order valence-electron chi connectivity index (χ4n) is 4.46. The Morgan fingerprint density at radius 3 is 2.32 bits per heavy atom. The highest BCUT2D eigenvalue weighted by molar-refractivity contribution is 5.76. The van der Waals surface area contributed by atoms with Gasteiger partial charge in [0, 0.05) is 36.1 Å². The van der Waals surface area contributed by atoms with Gasteiger partial charge in [-0.15, -0.1) is 0 Å². The summed E-state index contributed by atoms with van der Waals surface area (Å²) in [6, 6.07) is 18.3. The molecule has 3 nitrogen and oxygen atoms in total. The molecule has 31 heavy (non-hydrogen) atoms. The Kier molecular flexibility index (Phi) is 5.25. The highest BCUT2D eigenvalue weighted by Crippen LogP contribution is 2.33. The second-order valence-electron chi connectivity index (χ2n) is 10.0. The topological polar surface area (TPSA) is 12.7 Å². The van der Waals surface area contributed by atoms with Gasteiger partial charge in [0.25, 0.3) is 5.82 Å². The lowest BCUT2D eigenvalue weighted by molar-refractivity contribution is -0.659. The van der Waals surface area contributed by atoms with Gasteiger partial charge in [0.2, 0.25) is 11.2 Å². The number of fused-ring (bicyclic) bond motifs is 1. The zero-order valence-electron chi connectivity index (χ0n) is 20.2. The van der Waals surface area contributed by atoms with E-state index in [1.807, 2.05) is 0 Å². The maximum absolute atomic E-state index is 2.42. The fraction of sp³-hybridized carbons (Fsp3) is 0.357. The lowest BCUT2D eigenvalue weighted by atomic mass is 9.84. The summed E-state index contributed by atoms with van der Waals surface area (Å²) < 4.78 is 7.05. The molecule has 0 saturated heterocycles. The lowest BCUT2D eigenvalue weighted by Crippen LogP contribution is -2.37. The summed E-state index contributed by atoms with van der Waals surface area (Å²) >= 11 is 0. The number of rotatable bonds is 3. The van der Waals surface area contributed by atoms with Gasteiger partial charge in [0.1, 0.15) is 12.4 Å². The number of nitrogens with zero attached hydrogens (tertiary/aromatic N) is 3. The number of hydrogen-bond donors (Lipinski definition) is 0. The van der Waals surface area contributed by atoms with Crippen LogP contribution >= 0.6 is 0 Å². The molecule has 160 valence electrons. The van der Waals surface area contributed by atoms with Crippen LogP contribution in [0.4, 0.5) is 0 Å². The first-order valence-electron chi connectivity index (χ1n) is 11.2. The number of benzene rings is 2. The highest BCUT2D eigenvalue weighted by atomic mass is 15.1. The smallest absolute Gasteiger partial charge is 0.233 e. The molecule has 0 fully saturated rings. The minimum absolute atomic E-state index is 0.0457. The first-order valence-corrected chi connectivity index (χ1v) is 11.2. The van der Waals surface area contributed by atoms with E-state index in [2.05, 4.69) is 130 Å². The van der Waals surface area contributed by atoms with Crippen LogP contribution in [0.25, 0.3) is 28.0 Å². The van der Waals surface area contributed by atoms with E-state index in [-0.39, 0.29) is 5.41 Å². The van der Waals surface area contributed by atoms with E-state index < -0.39 is 0 Å². The quantitative estimate of drug-likeness (QED) is 0.371. The molecule has 0 N–H and O–H groups in total. The standard InChI is InChI=1S/C28H35N3/c1-19(2)30-16-15-29(8)27(30)24-17-23(28(5,6)7)18-26(21(24)4)31-20(3)13-14-22-11-9-10-12-25(22)31/h9-19H,1-8H3/q+2. The van der Waals surface area contributed by atoms with Gasteiger partial charge in [-0.05, 0) is 49.9 Å². The Labute approximate surface area is 186 Å². The van der Waals surface area contributed by atoms with Crippen molar-refractivity contribution >= 4 is 10.9 Å². The summed E-state index contributed by atoms with van der Waals surface area (Å²) in [6.07, 6.45) is 4.35. The van der Waals surface area contributed by atoms with Gasteiger partial charge in [0.05, 0.1) is 18.7 Å². The van der Waals surface area contributed by atoms with Crippen LogP contribution in [-0.2, 0) is 12.5 Å². The molecule has 2 heterocycles. The van der Waals surface area contributed by atoms with E-state index in [9.17, 15) is 0 Å². The molecular weight excluding hydrogens is 378 g/mol. The first-order chi connectivity index (χ1) is 14.6. The van der Waals surface area contributed by atoms with E-state index in [0.29, 0.717) is 6.04 Å². The van der Waals surface area contributed by atoms with Gasteiger partial charge in [-0.2, -0.15) is 4.57 Å². The van der Waals surface area contributed by atoms with Crippen LogP contribution in [0.15, 0.2) is 60.9 Å². The van der Waals surface area contributed by atoms with E-state index in [1.165, 1.54) is 44.8 Å². The normalized spacial score (nSPS) is 12.2. The van der Waals surface area contributed by atoms with Crippen molar-refractivity contribution < 1.29 is 9.13 Å². The third-order valence-electron chi connectivity index (χ3n) is 6.35. The van der Waals surface area contributed by atoms with Gasteiger partial charge in [-0.1, -0.05) is 32.9 Å². The van der Waals surface area contributed by atoms with Crippen molar-refractivity contribution in [3.63, 3.8) is 0 Å². The number of aromatic nitrogens is 3. The Morgan fingerprint density at radius 2 is 1.65 bits per heavy atom. The van der Waals surface area contributed by atoms with E-state index in [1.54, 1.807) is 0 Å². The zero-order chi connectivity index (χ0) is 22.5. The third kappa shape index (κ3) is 3.67. The molecule has 0 bridgehead atoms. The summed E-state index contributed by atoms with van der Waals surface area (Å²) in [5.74, 6) is 1.25. The molecule has 4 rings (SSSR count). The van der Waals surface area contributed by atoms with Crippen molar-refractivity contribution in [2.75, 3.05) is 0 Å². The molecule has 0 unspecified atom stereocenters. The third-order valence-corrected chi connectivity index (χ3v) is 6.35. The first kappa shape index (κ1) is 21.3. The minimum atomic E-state index is 0.0457. The largest absolute Gasteiger partial charge is 0.289 e. The summed E-state index contributed by atoms with van der Waals surface area (Å²) in [6.45, 7) is 15.9. The van der Waals surface area contributed by atoms with Crippen LogP contribution in [0.2, 0.25) is 0 Å². The van der Waals surface area contributed by atoms with Crippen LogP contribution in [0.5, 0.6) is 0 Å². The highest BCUT2D eigenvalue weighted by Gasteiger charge is 2.29. The van der Waals surface area contributed by atoms with Crippen molar-refractivity contribution in [2.24, 2.45) is 7.05 Å². The molecule has 3 heteroatoms. The van der Waals surface area contributed by atoms with E-state index in [0.717, 1.165) is 0 Å².